The van der Waals surface area contributed by atoms with Crippen LogP contribution in [0, 0.1) is 5.92 Å². The predicted molar refractivity (Wildman–Crippen MR) is 88.5 cm³/mol. The fourth-order valence-corrected chi connectivity index (χ4v) is 3.82. The van der Waals surface area contributed by atoms with Crippen molar-refractivity contribution in [2.45, 2.75) is 56.4 Å². The van der Waals surface area contributed by atoms with Gasteiger partial charge in [0.15, 0.2) is 0 Å². The molecule has 1 fully saturated rings. The topological polar surface area (TPSA) is 72.5 Å². The van der Waals surface area contributed by atoms with Gasteiger partial charge in [0.1, 0.15) is 0 Å². The van der Waals surface area contributed by atoms with Gasteiger partial charge >= 0.3 is 0 Å². The van der Waals surface area contributed by atoms with Crippen LogP contribution in [-0.2, 0) is 26.0 Å². The minimum atomic E-state index is -3.82. The molecule has 128 valence electrons. The summed E-state index contributed by atoms with van der Waals surface area (Å²) in [4.78, 5) is 12.2. The van der Waals surface area contributed by atoms with E-state index < -0.39 is 21.5 Å². The lowest BCUT2D eigenvalue weighted by atomic mass is 9.77. The first-order chi connectivity index (χ1) is 10.8. The van der Waals surface area contributed by atoms with Gasteiger partial charge in [-0.15, -0.1) is 0 Å². The first-order valence-corrected chi connectivity index (χ1v) is 9.44. The largest absolute Gasteiger partial charge is 0.378 e. The number of methoxy groups -OCH3 is 1. The number of hydrogen-bond acceptors (Lipinski definition) is 4. The summed E-state index contributed by atoms with van der Waals surface area (Å²) in [7, 11) is -2.26. The highest BCUT2D eigenvalue weighted by atomic mass is 32.2. The Morgan fingerprint density at radius 3 is 2.30 bits per heavy atom. The highest BCUT2D eigenvalue weighted by Crippen LogP contribution is 2.37. The number of carbonyl (C=O) groups is 1. The van der Waals surface area contributed by atoms with Crippen LogP contribution in [-0.4, -0.2) is 27.0 Å². The summed E-state index contributed by atoms with van der Waals surface area (Å²) in [5.41, 5.74) is 0.596. The van der Waals surface area contributed by atoms with Crippen molar-refractivity contribution in [2.75, 3.05) is 7.11 Å². The second-order valence-corrected chi connectivity index (χ2v) is 8.37. The van der Waals surface area contributed by atoms with Crippen molar-refractivity contribution in [1.82, 2.24) is 4.72 Å². The van der Waals surface area contributed by atoms with Crippen molar-refractivity contribution in [3.8, 4) is 0 Å². The zero-order valence-electron chi connectivity index (χ0n) is 14.0. The highest BCUT2D eigenvalue weighted by Gasteiger charge is 2.39. The predicted octanol–water partition coefficient (Wildman–Crippen LogP) is 2.65. The molecule has 0 radical (unpaired) electrons. The van der Waals surface area contributed by atoms with Crippen molar-refractivity contribution in [3.05, 3.63) is 29.8 Å². The molecule has 0 saturated heterocycles. The molecular weight excluding hydrogens is 314 g/mol. The lowest BCUT2D eigenvalue weighted by Crippen LogP contribution is -2.45. The normalized spacial score (nSPS) is 16.9. The number of carbonyl (C=O) groups excluding carboxylic acids is 1. The maximum absolute atomic E-state index is 12.3. The van der Waals surface area contributed by atoms with Crippen LogP contribution < -0.4 is 4.72 Å². The lowest BCUT2D eigenvalue weighted by Gasteiger charge is -2.39. The summed E-state index contributed by atoms with van der Waals surface area (Å²) in [5.74, 6) is -0.0114. The van der Waals surface area contributed by atoms with Gasteiger partial charge < -0.3 is 4.74 Å². The van der Waals surface area contributed by atoms with E-state index in [1.54, 1.807) is 31.4 Å². The Bertz CT molecular complexity index is 640. The van der Waals surface area contributed by atoms with Gasteiger partial charge in [0, 0.05) is 7.11 Å². The van der Waals surface area contributed by atoms with Crippen molar-refractivity contribution in [2.24, 2.45) is 5.92 Å². The molecule has 0 unspecified atom stereocenters. The molecule has 0 heterocycles. The van der Waals surface area contributed by atoms with Crippen LogP contribution >= 0.6 is 0 Å². The second kappa shape index (κ2) is 7.01. The molecule has 1 aliphatic carbocycles. The summed E-state index contributed by atoms with van der Waals surface area (Å²) in [6.07, 6.45) is 3.56. The molecule has 0 aliphatic heterocycles. The molecule has 5 nitrogen and oxygen atoms in total. The number of rotatable bonds is 7. The lowest BCUT2D eigenvalue weighted by molar-refractivity contribution is -0.132. The molecule has 1 aromatic rings. The van der Waals surface area contributed by atoms with E-state index >= 15 is 0 Å². The summed E-state index contributed by atoms with van der Waals surface area (Å²) in [5, 5.41) is 0. The molecule has 6 heteroatoms. The van der Waals surface area contributed by atoms with Crippen LogP contribution in [0.15, 0.2) is 29.2 Å². The van der Waals surface area contributed by atoms with Gasteiger partial charge in [0.25, 0.3) is 10.0 Å². The number of amides is 1. The molecule has 2 rings (SSSR count). The zero-order valence-corrected chi connectivity index (χ0v) is 14.8. The minimum Gasteiger partial charge on any atom is -0.378 e. The van der Waals surface area contributed by atoms with Gasteiger partial charge in [-0.25, -0.2) is 13.1 Å². The Balaban J connectivity index is 2.02. The zero-order chi connectivity index (χ0) is 17.1. The number of nitrogens with one attached hydrogen (secondary N) is 1. The Kier molecular flexibility index (Phi) is 5.47. The SMILES string of the molecule is COC1(CC(=O)NS(=O)(=O)c2ccc(CC(C)C)cc2)CCC1. The fourth-order valence-electron chi connectivity index (χ4n) is 2.84. The Morgan fingerprint density at radius 2 is 1.87 bits per heavy atom. The highest BCUT2D eigenvalue weighted by molar-refractivity contribution is 7.90. The van der Waals surface area contributed by atoms with Crippen molar-refractivity contribution in [1.29, 1.82) is 0 Å². The summed E-state index contributed by atoms with van der Waals surface area (Å²) in [6.45, 7) is 4.22. The first-order valence-electron chi connectivity index (χ1n) is 7.96. The van der Waals surface area contributed by atoms with E-state index in [4.69, 9.17) is 4.74 Å². The average molecular weight is 339 g/mol. The maximum Gasteiger partial charge on any atom is 0.264 e. The van der Waals surface area contributed by atoms with Gasteiger partial charge in [-0.05, 0) is 49.3 Å². The Labute approximate surface area is 138 Å². The number of sulfonamides is 1. The van der Waals surface area contributed by atoms with E-state index in [0.29, 0.717) is 5.92 Å². The monoisotopic (exact) mass is 339 g/mol. The first kappa shape index (κ1) is 17.9. The summed E-state index contributed by atoms with van der Waals surface area (Å²) >= 11 is 0. The van der Waals surface area contributed by atoms with E-state index in [9.17, 15) is 13.2 Å². The van der Waals surface area contributed by atoms with Crippen LogP contribution in [0.3, 0.4) is 0 Å². The van der Waals surface area contributed by atoms with Crippen LogP contribution in [0.5, 0.6) is 0 Å². The van der Waals surface area contributed by atoms with E-state index in [1.807, 2.05) is 0 Å². The van der Waals surface area contributed by atoms with Crippen molar-refractivity contribution in [3.63, 3.8) is 0 Å². The Hall–Kier alpha value is -1.40. The molecule has 23 heavy (non-hydrogen) atoms. The molecular formula is C17H25NO4S. The molecule has 0 bridgehead atoms. The number of ether oxygens (including phenoxy) is 1. The second-order valence-electron chi connectivity index (χ2n) is 6.69. The van der Waals surface area contributed by atoms with Crippen molar-refractivity contribution >= 4 is 15.9 Å². The quantitative estimate of drug-likeness (QED) is 0.829. The number of benzene rings is 1. The molecule has 1 aliphatic rings. The third-order valence-electron chi connectivity index (χ3n) is 4.31. The van der Waals surface area contributed by atoms with E-state index in [-0.39, 0.29) is 11.3 Å². The molecule has 1 N–H and O–H groups in total. The van der Waals surface area contributed by atoms with Gasteiger partial charge in [0.2, 0.25) is 5.91 Å². The third kappa shape index (κ3) is 4.54. The minimum absolute atomic E-state index is 0.0775. The van der Waals surface area contributed by atoms with Crippen LogP contribution in [0.25, 0.3) is 0 Å². The van der Waals surface area contributed by atoms with Crippen LogP contribution in [0.2, 0.25) is 0 Å². The molecule has 0 atom stereocenters. The molecule has 0 aromatic heterocycles. The van der Waals surface area contributed by atoms with Crippen molar-refractivity contribution < 1.29 is 17.9 Å². The standard InChI is InChI=1S/C17H25NO4S/c1-13(2)11-14-5-7-15(8-6-14)23(20,21)18-16(19)12-17(22-3)9-4-10-17/h5-8,13H,4,9-12H2,1-3H3,(H,18,19). The van der Waals surface area contributed by atoms with Crippen LogP contribution in [0.1, 0.15) is 45.1 Å². The smallest absolute Gasteiger partial charge is 0.264 e. The van der Waals surface area contributed by atoms with Gasteiger partial charge in [0.05, 0.1) is 16.9 Å². The average Bonchev–Trinajstić information content (AvgIpc) is 2.42. The van der Waals surface area contributed by atoms with E-state index in [0.717, 1.165) is 31.2 Å². The molecule has 0 spiro atoms. The maximum atomic E-state index is 12.3. The molecule has 1 saturated carbocycles. The van der Waals surface area contributed by atoms with Gasteiger partial charge in [-0.2, -0.15) is 0 Å². The van der Waals surface area contributed by atoms with E-state index in [1.165, 1.54) is 0 Å². The van der Waals surface area contributed by atoms with Gasteiger partial charge in [-0.1, -0.05) is 26.0 Å². The third-order valence-corrected chi connectivity index (χ3v) is 5.70. The fraction of sp³-hybridized carbons (Fsp3) is 0.588. The molecule has 1 aromatic carbocycles. The summed E-state index contributed by atoms with van der Waals surface area (Å²) in [6, 6.07) is 6.68. The van der Waals surface area contributed by atoms with E-state index in [2.05, 4.69) is 18.6 Å². The van der Waals surface area contributed by atoms with Gasteiger partial charge in [-0.3, -0.25) is 4.79 Å². The Morgan fingerprint density at radius 1 is 1.26 bits per heavy atom. The summed E-state index contributed by atoms with van der Waals surface area (Å²) < 4.78 is 32.1. The number of hydrogen-bond donors (Lipinski definition) is 1. The molecule has 1 amide bonds. The van der Waals surface area contributed by atoms with Crippen LogP contribution in [0.4, 0.5) is 0 Å².